The van der Waals surface area contributed by atoms with E-state index in [0.717, 1.165) is 14.9 Å². The third kappa shape index (κ3) is 1.98. The molecular formula is C8H9BrOS. The van der Waals surface area contributed by atoms with E-state index in [1.54, 1.807) is 11.8 Å². The van der Waals surface area contributed by atoms with Crippen molar-refractivity contribution in [3.8, 4) is 0 Å². The van der Waals surface area contributed by atoms with E-state index in [4.69, 9.17) is 5.11 Å². The fourth-order valence-electron chi connectivity index (χ4n) is 0.836. The molecule has 0 bridgehead atoms. The molecule has 0 aliphatic rings. The third-order valence-corrected chi connectivity index (χ3v) is 3.41. The molecule has 60 valence electrons. The first-order chi connectivity index (χ1) is 5.29. The highest BCUT2D eigenvalue weighted by Gasteiger charge is 2.01. The number of thioether (sulfide) groups is 1. The van der Waals surface area contributed by atoms with E-state index in [2.05, 4.69) is 15.9 Å². The zero-order valence-electron chi connectivity index (χ0n) is 6.17. The summed E-state index contributed by atoms with van der Waals surface area (Å²) in [5.41, 5.74) is 0.942. The smallest absolute Gasteiger partial charge is 0.0693 e. The van der Waals surface area contributed by atoms with Gasteiger partial charge in [-0.1, -0.05) is 12.1 Å². The van der Waals surface area contributed by atoms with Crippen molar-refractivity contribution in [1.82, 2.24) is 0 Å². The van der Waals surface area contributed by atoms with Crippen LogP contribution in [0.15, 0.2) is 27.6 Å². The Morgan fingerprint density at radius 3 is 2.82 bits per heavy atom. The van der Waals surface area contributed by atoms with E-state index in [1.807, 2.05) is 24.5 Å². The van der Waals surface area contributed by atoms with Gasteiger partial charge in [0.2, 0.25) is 0 Å². The second-order valence-corrected chi connectivity index (χ2v) is 3.73. The third-order valence-electron chi connectivity index (χ3n) is 1.43. The summed E-state index contributed by atoms with van der Waals surface area (Å²) in [5, 5.41) is 8.90. The second kappa shape index (κ2) is 4.14. The zero-order chi connectivity index (χ0) is 8.27. The van der Waals surface area contributed by atoms with Crippen molar-refractivity contribution in [2.45, 2.75) is 11.5 Å². The van der Waals surface area contributed by atoms with Crippen LogP contribution in [0.2, 0.25) is 0 Å². The summed E-state index contributed by atoms with van der Waals surface area (Å²) in [7, 11) is 0. The summed E-state index contributed by atoms with van der Waals surface area (Å²) < 4.78 is 1.01. The molecule has 11 heavy (non-hydrogen) atoms. The van der Waals surface area contributed by atoms with Gasteiger partial charge in [0.15, 0.2) is 0 Å². The number of aliphatic hydroxyl groups excluding tert-OH is 1. The maximum Gasteiger partial charge on any atom is 0.0693 e. The monoisotopic (exact) mass is 232 g/mol. The molecule has 0 amide bonds. The highest BCUT2D eigenvalue weighted by molar-refractivity contribution is 9.10. The van der Waals surface area contributed by atoms with Gasteiger partial charge in [0.05, 0.1) is 6.61 Å². The normalized spacial score (nSPS) is 10.1. The number of aliphatic hydroxyl groups is 1. The van der Waals surface area contributed by atoms with Gasteiger partial charge in [-0.3, -0.25) is 0 Å². The van der Waals surface area contributed by atoms with Gasteiger partial charge >= 0.3 is 0 Å². The molecule has 0 saturated carbocycles. The lowest BCUT2D eigenvalue weighted by Gasteiger charge is -2.04. The largest absolute Gasteiger partial charge is 0.392 e. The Bertz CT molecular complexity index is 228. The van der Waals surface area contributed by atoms with Gasteiger partial charge in [-0.05, 0) is 33.8 Å². The van der Waals surface area contributed by atoms with Crippen molar-refractivity contribution in [3.05, 3.63) is 28.2 Å². The molecule has 1 nitrogen and oxygen atoms in total. The predicted octanol–water partition coefficient (Wildman–Crippen LogP) is 2.66. The Labute approximate surface area is 78.9 Å². The van der Waals surface area contributed by atoms with Gasteiger partial charge in [-0.15, -0.1) is 11.8 Å². The standard InChI is InChI=1S/C8H9BrOS/c1-11-7-4-2-3-6(5-10)8(7)9/h2-4,10H,5H2,1H3. The predicted molar refractivity (Wildman–Crippen MR) is 51.8 cm³/mol. The zero-order valence-corrected chi connectivity index (χ0v) is 8.58. The van der Waals surface area contributed by atoms with Gasteiger partial charge in [0, 0.05) is 9.37 Å². The van der Waals surface area contributed by atoms with Crippen LogP contribution in [0.1, 0.15) is 5.56 Å². The van der Waals surface area contributed by atoms with Crippen LogP contribution < -0.4 is 0 Å². The molecule has 0 radical (unpaired) electrons. The van der Waals surface area contributed by atoms with Crippen LogP contribution in [-0.2, 0) is 6.61 Å². The molecule has 0 spiro atoms. The molecule has 1 aromatic rings. The van der Waals surface area contributed by atoms with Crippen LogP contribution in [0.25, 0.3) is 0 Å². The summed E-state index contributed by atoms with van der Waals surface area (Å²) >= 11 is 5.09. The number of rotatable bonds is 2. The van der Waals surface area contributed by atoms with E-state index in [-0.39, 0.29) is 6.61 Å². The van der Waals surface area contributed by atoms with Gasteiger partial charge < -0.3 is 5.11 Å². The molecule has 0 aliphatic heterocycles. The van der Waals surface area contributed by atoms with E-state index in [0.29, 0.717) is 0 Å². The maximum absolute atomic E-state index is 8.90. The number of benzene rings is 1. The highest BCUT2D eigenvalue weighted by atomic mass is 79.9. The molecule has 3 heteroatoms. The lowest BCUT2D eigenvalue weighted by atomic mass is 10.2. The van der Waals surface area contributed by atoms with Gasteiger partial charge in [-0.25, -0.2) is 0 Å². The summed E-state index contributed by atoms with van der Waals surface area (Å²) in [5.74, 6) is 0. The number of halogens is 1. The van der Waals surface area contributed by atoms with Crippen molar-refractivity contribution in [2.24, 2.45) is 0 Å². The molecule has 1 N–H and O–H groups in total. The summed E-state index contributed by atoms with van der Waals surface area (Å²) in [4.78, 5) is 1.16. The van der Waals surface area contributed by atoms with E-state index < -0.39 is 0 Å². The SMILES string of the molecule is CSc1cccc(CO)c1Br. The Kier molecular flexibility index (Phi) is 3.43. The average molecular weight is 233 g/mol. The van der Waals surface area contributed by atoms with Crippen molar-refractivity contribution < 1.29 is 5.11 Å². The topological polar surface area (TPSA) is 20.2 Å². The minimum absolute atomic E-state index is 0.0922. The maximum atomic E-state index is 8.90. The molecule has 0 aliphatic carbocycles. The van der Waals surface area contributed by atoms with Gasteiger partial charge in [0.25, 0.3) is 0 Å². The van der Waals surface area contributed by atoms with Gasteiger partial charge in [-0.2, -0.15) is 0 Å². The molecule has 0 heterocycles. The van der Waals surface area contributed by atoms with E-state index >= 15 is 0 Å². The van der Waals surface area contributed by atoms with Crippen molar-refractivity contribution in [1.29, 1.82) is 0 Å². The molecule has 1 rings (SSSR count). The van der Waals surface area contributed by atoms with Crippen LogP contribution in [0, 0.1) is 0 Å². The fraction of sp³-hybridized carbons (Fsp3) is 0.250. The second-order valence-electron chi connectivity index (χ2n) is 2.09. The highest BCUT2D eigenvalue weighted by Crippen LogP contribution is 2.28. The molecular weight excluding hydrogens is 224 g/mol. The first-order valence-electron chi connectivity index (χ1n) is 3.22. The first-order valence-corrected chi connectivity index (χ1v) is 5.23. The summed E-state index contributed by atoms with van der Waals surface area (Å²) in [6.07, 6.45) is 2.02. The summed E-state index contributed by atoms with van der Waals surface area (Å²) in [6, 6.07) is 5.87. The minimum atomic E-state index is 0.0922. The van der Waals surface area contributed by atoms with Crippen molar-refractivity contribution in [2.75, 3.05) is 6.26 Å². The Hall–Kier alpha value is 0.01000. The molecule has 0 atom stereocenters. The Morgan fingerprint density at radius 2 is 2.27 bits per heavy atom. The lowest BCUT2D eigenvalue weighted by molar-refractivity contribution is 0.280. The number of hydrogen-bond donors (Lipinski definition) is 1. The van der Waals surface area contributed by atoms with Crippen molar-refractivity contribution >= 4 is 27.7 Å². The van der Waals surface area contributed by atoms with Crippen molar-refractivity contribution in [3.63, 3.8) is 0 Å². The molecule has 0 fully saturated rings. The first kappa shape index (κ1) is 9.10. The van der Waals surface area contributed by atoms with Crippen LogP contribution in [0.4, 0.5) is 0 Å². The Morgan fingerprint density at radius 1 is 1.55 bits per heavy atom. The van der Waals surface area contributed by atoms with E-state index in [9.17, 15) is 0 Å². The van der Waals surface area contributed by atoms with Crippen LogP contribution in [0.3, 0.4) is 0 Å². The van der Waals surface area contributed by atoms with Crippen LogP contribution in [-0.4, -0.2) is 11.4 Å². The minimum Gasteiger partial charge on any atom is -0.392 e. The van der Waals surface area contributed by atoms with E-state index in [1.165, 1.54) is 0 Å². The van der Waals surface area contributed by atoms with Crippen LogP contribution >= 0.6 is 27.7 Å². The van der Waals surface area contributed by atoms with Gasteiger partial charge in [0.1, 0.15) is 0 Å². The average Bonchev–Trinajstić information content (AvgIpc) is 2.05. The molecule has 0 unspecified atom stereocenters. The lowest BCUT2D eigenvalue weighted by Crippen LogP contribution is -1.85. The quantitative estimate of drug-likeness (QED) is 0.792. The van der Waals surface area contributed by atoms with Crippen LogP contribution in [0.5, 0.6) is 0 Å². The summed E-state index contributed by atoms with van der Waals surface area (Å²) in [6.45, 7) is 0.0922. The number of hydrogen-bond acceptors (Lipinski definition) is 2. The molecule has 0 saturated heterocycles. The fourth-order valence-corrected chi connectivity index (χ4v) is 2.24. The molecule has 0 aromatic heterocycles. The molecule has 1 aromatic carbocycles. The Balaban J connectivity index is 3.10.